The van der Waals surface area contributed by atoms with Crippen molar-refractivity contribution in [3.63, 3.8) is 0 Å². The van der Waals surface area contributed by atoms with Gasteiger partial charge in [-0.25, -0.2) is 3.63 Å². The average molecular weight is 635 g/mol. The minimum absolute atomic E-state index is 0.170. The second kappa shape index (κ2) is 11.8. The number of alkyl halides is 9. The Hall–Kier alpha value is -2.91. The number of ether oxygens (including phenoxy) is 1. The quantitative estimate of drug-likeness (QED) is 0.148. The zero-order valence-electron chi connectivity index (χ0n) is 21.1. The summed E-state index contributed by atoms with van der Waals surface area (Å²) >= 11 is 0. The first-order valence-corrected chi connectivity index (χ1v) is 14.7. The molecule has 226 valence electrons. The minimum atomic E-state index is -7.45. The van der Waals surface area contributed by atoms with Crippen LogP contribution in [0.1, 0.15) is 19.8 Å². The summed E-state index contributed by atoms with van der Waals surface area (Å²) in [6.45, 7) is 2.20. The van der Waals surface area contributed by atoms with Gasteiger partial charge in [-0.15, -0.1) is 0 Å². The van der Waals surface area contributed by atoms with Crippen LogP contribution < -0.4 is 4.74 Å². The average Bonchev–Trinajstić information content (AvgIpc) is 2.92. The molecule has 41 heavy (non-hydrogen) atoms. The highest BCUT2D eigenvalue weighted by atomic mass is 32.3. The van der Waals surface area contributed by atoms with E-state index in [1.54, 1.807) is 0 Å². The maximum atomic E-state index is 14.9. The van der Waals surface area contributed by atoms with Crippen LogP contribution in [0, 0.1) is 0 Å². The maximum absolute atomic E-state index is 14.9. The second-order valence-corrected chi connectivity index (χ2v) is 13.0. The molecular weight excluding hydrogens is 611 g/mol. The lowest BCUT2D eigenvalue weighted by Crippen LogP contribution is -2.63. The van der Waals surface area contributed by atoms with E-state index in [1.807, 2.05) is 6.92 Å². The molecule has 0 aliphatic carbocycles. The van der Waals surface area contributed by atoms with Gasteiger partial charge in [0.1, 0.15) is 5.75 Å². The van der Waals surface area contributed by atoms with E-state index in [0.717, 1.165) is 6.42 Å². The molecule has 3 rings (SSSR count). The molecule has 0 radical (unpaired) electrons. The van der Waals surface area contributed by atoms with Gasteiger partial charge in [0.2, 0.25) is 0 Å². The first kappa shape index (κ1) is 32.6. The molecule has 0 amide bonds. The summed E-state index contributed by atoms with van der Waals surface area (Å²) in [6.07, 6.45) is -5.74. The molecule has 0 saturated carbocycles. The van der Waals surface area contributed by atoms with Gasteiger partial charge in [-0.2, -0.15) is 47.9 Å². The molecule has 4 nitrogen and oxygen atoms in total. The highest BCUT2D eigenvalue weighted by Gasteiger charge is 2.86. The highest BCUT2D eigenvalue weighted by molar-refractivity contribution is 8.33. The van der Waals surface area contributed by atoms with Crippen molar-refractivity contribution >= 4 is 20.4 Å². The van der Waals surface area contributed by atoms with Gasteiger partial charge in [-0.1, -0.05) is 49.7 Å². The van der Waals surface area contributed by atoms with E-state index in [9.17, 15) is 47.9 Å². The normalized spacial score (nSPS) is 14.1. The van der Waals surface area contributed by atoms with Gasteiger partial charge >= 0.3 is 33.4 Å². The second-order valence-electron chi connectivity index (χ2n) is 8.54. The number of unbranched alkanes of at least 4 members (excludes halogenated alkanes) is 1. The Morgan fingerprint density at radius 1 is 0.634 bits per heavy atom. The van der Waals surface area contributed by atoms with E-state index in [0.29, 0.717) is 13.0 Å². The lowest BCUT2D eigenvalue weighted by Gasteiger charge is -2.41. The molecular formula is C26H23F9O4S2. The lowest BCUT2D eigenvalue weighted by molar-refractivity contribution is -0.382. The number of benzene rings is 3. The van der Waals surface area contributed by atoms with Gasteiger partial charge in [0.15, 0.2) is 0 Å². The summed E-state index contributed by atoms with van der Waals surface area (Å²) in [7, 11) is -11.3. The van der Waals surface area contributed by atoms with Crippen molar-refractivity contribution < 1.29 is 56.3 Å². The van der Waals surface area contributed by atoms with Gasteiger partial charge in [0.25, 0.3) is 0 Å². The third-order valence-electron chi connectivity index (χ3n) is 5.69. The Morgan fingerprint density at radius 3 is 1.49 bits per heavy atom. The van der Waals surface area contributed by atoms with E-state index >= 15 is 0 Å². The van der Waals surface area contributed by atoms with Gasteiger partial charge in [0, 0.05) is 14.7 Å². The third-order valence-corrected chi connectivity index (χ3v) is 10.9. The minimum Gasteiger partial charge on any atom is -0.494 e. The predicted molar refractivity (Wildman–Crippen MR) is 133 cm³/mol. The van der Waals surface area contributed by atoms with Crippen LogP contribution in [-0.2, 0) is 13.7 Å². The van der Waals surface area contributed by atoms with Crippen molar-refractivity contribution in [2.75, 3.05) is 6.61 Å². The number of rotatable bonds is 12. The molecule has 0 aliphatic rings. The SMILES string of the molecule is CCCCOc1ccc(S(OS(=O)(=O)C(F)(F)C(F)(F)C(F)(F)C(F)(F)F)(c2ccccc2)c2ccccc2)cc1. The summed E-state index contributed by atoms with van der Waals surface area (Å²) in [5.41, 5.74) is 0. The molecule has 3 aromatic carbocycles. The van der Waals surface area contributed by atoms with Crippen molar-refractivity contribution in [1.82, 2.24) is 0 Å². The first-order valence-electron chi connectivity index (χ1n) is 11.8. The molecule has 0 N–H and O–H groups in total. The molecule has 3 aromatic rings. The van der Waals surface area contributed by atoms with Crippen LogP contribution in [0.15, 0.2) is 99.6 Å². The molecule has 0 aromatic heterocycles. The van der Waals surface area contributed by atoms with Crippen LogP contribution in [0.4, 0.5) is 39.5 Å². The molecule has 0 aliphatic heterocycles. The van der Waals surface area contributed by atoms with Crippen LogP contribution in [0.25, 0.3) is 0 Å². The van der Waals surface area contributed by atoms with E-state index in [-0.39, 0.29) is 20.4 Å². The van der Waals surface area contributed by atoms with E-state index in [4.69, 9.17) is 8.37 Å². The van der Waals surface area contributed by atoms with E-state index in [1.165, 1.54) is 84.9 Å². The van der Waals surface area contributed by atoms with E-state index in [2.05, 4.69) is 0 Å². The Balaban J connectivity index is 2.28. The van der Waals surface area contributed by atoms with Crippen LogP contribution in [0.3, 0.4) is 0 Å². The number of hydrogen-bond donors (Lipinski definition) is 0. The monoisotopic (exact) mass is 634 g/mol. The zero-order chi connectivity index (χ0) is 30.7. The molecule has 0 atom stereocenters. The lowest BCUT2D eigenvalue weighted by atomic mass is 10.1. The highest BCUT2D eigenvalue weighted by Crippen LogP contribution is 2.71. The van der Waals surface area contributed by atoms with Crippen molar-refractivity contribution in [2.24, 2.45) is 0 Å². The fourth-order valence-electron chi connectivity index (χ4n) is 3.51. The van der Waals surface area contributed by atoms with E-state index < -0.39 is 43.7 Å². The summed E-state index contributed by atoms with van der Waals surface area (Å²) in [4.78, 5) is -0.532. The van der Waals surface area contributed by atoms with Crippen molar-refractivity contribution in [1.29, 1.82) is 0 Å². The fraction of sp³-hybridized carbons (Fsp3) is 0.308. The Bertz CT molecular complexity index is 1360. The first-order chi connectivity index (χ1) is 19.0. The van der Waals surface area contributed by atoms with Crippen LogP contribution in [0.5, 0.6) is 5.75 Å². The zero-order valence-corrected chi connectivity index (χ0v) is 22.7. The maximum Gasteiger partial charge on any atom is 0.460 e. The molecule has 15 heteroatoms. The summed E-state index contributed by atoms with van der Waals surface area (Å²) in [5, 5.41) is -7.04. The molecule has 0 fully saturated rings. The van der Waals surface area contributed by atoms with Gasteiger partial charge in [0.05, 0.1) is 6.61 Å². The van der Waals surface area contributed by atoms with Crippen molar-refractivity contribution in [2.45, 2.75) is 57.7 Å². The van der Waals surface area contributed by atoms with Gasteiger partial charge in [-0.3, -0.25) is 0 Å². The molecule has 0 heterocycles. The molecule has 0 spiro atoms. The van der Waals surface area contributed by atoms with Crippen LogP contribution in [0.2, 0.25) is 0 Å². The summed E-state index contributed by atoms with van der Waals surface area (Å²) in [6, 6.07) is 18.1. The third kappa shape index (κ3) is 5.89. The molecule has 0 bridgehead atoms. The van der Waals surface area contributed by atoms with Crippen molar-refractivity contribution in [3.05, 3.63) is 84.9 Å². The largest absolute Gasteiger partial charge is 0.494 e. The fourth-order valence-corrected chi connectivity index (χ4v) is 8.73. The standard InChI is InChI=1S/C26H23F9O4S2/c1-2-3-18-38-19-14-16-22(17-15-19)40(20-10-6-4-7-11-20,21-12-8-5-9-13-21)39-41(36,37)26(34,35)24(29,30)23(27,28)25(31,32)33/h4-17H,2-3,18H2,1H3. The Morgan fingerprint density at radius 2 is 1.07 bits per heavy atom. The number of halogens is 9. The Kier molecular flexibility index (Phi) is 9.35. The number of hydrogen-bond acceptors (Lipinski definition) is 4. The van der Waals surface area contributed by atoms with Crippen LogP contribution >= 0.6 is 10.3 Å². The summed E-state index contributed by atoms with van der Waals surface area (Å²) in [5.74, 6) is -14.6. The van der Waals surface area contributed by atoms with Gasteiger partial charge < -0.3 is 4.74 Å². The summed E-state index contributed by atoms with van der Waals surface area (Å²) < 4.78 is 160. The molecule has 0 saturated heterocycles. The predicted octanol–water partition coefficient (Wildman–Crippen LogP) is 8.83. The van der Waals surface area contributed by atoms with Crippen LogP contribution in [-0.4, -0.2) is 38.3 Å². The van der Waals surface area contributed by atoms with Gasteiger partial charge in [-0.05, 0) is 65.3 Å². The Labute approximate surface area is 231 Å². The topological polar surface area (TPSA) is 52.6 Å². The van der Waals surface area contributed by atoms with Crippen molar-refractivity contribution in [3.8, 4) is 5.75 Å². The molecule has 0 unspecified atom stereocenters. The smallest absolute Gasteiger partial charge is 0.460 e.